The Balaban J connectivity index is 2.12. The highest BCUT2D eigenvalue weighted by atomic mass is 32.1. The molecule has 1 unspecified atom stereocenters. The van der Waals surface area contributed by atoms with E-state index in [2.05, 4.69) is 12.6 Å². The fourth-order valence-corrected chi connectivity index (χ4v) is 2.33. The van der Waals surface area contributed by atoms with E-state index >= 15 is 0 Å². The summed E-state index contributed by atoms with van der Waals surface area (Å²) in [7, 11) is 0. The number of thiol groups is 1. The molecule has 1 aromatic carbocycles. The molecule has 0 saturated carbocycles. The third kappa shape index (κ3) is 2.39. The van der Waals surface area contributed by atoms with Crippen LogP contribution in [-0.2, 0) is 17.9 Å². The monoisotopic (exact) mass is 237 g/mol. The van der Waals surface area contributed by atoms with Gasteiger partial charge in [0.15, 0.2) is 0 Å². The predicted molar refractivity (Wildman–Crippen MR) is 65.2 cm³/mol. The molecule has 1 amide bonds. The molecule has 1 fully saturated rings. The van der Waals surface area contributed by atoms with Crippen molar-refractivity contribution in [3.8, 4) is 0 Å². The molecule has 0 aromatic heterocycles. The van der Waals surface area contributed by atoms with Crippen molar-refractivity contribution in [1.82, 2.24) is 4.90 Å². The topological polar surface area (TPSA) is 40.5 Å². The SMILES string of the molecule is O=C1CC(S)CN1Cc1ccccc1CO. The van der Waals surface area contributed by atoms with Crippen LogP contribution in [0.25, 0.3) is 0 Å². The summed E-state index contributed by atoms with van der Waals surface area (Å²) in [6.07, 6.45) is 0.518. The fourth-order valence-electron chi connectivity index (χ4n) is 1.98. The van der Waals surface area contributed by atoms with Crippen molar-refractivity contribution >= 4 is 18.5 Å². The first kappa shape index (κ1) is 11.5. The van der Waals surface area contributed by atoms with Crippen molar-refractivity contribution in [2.75, 3.05) is 6.54 Å². The molecule has 0 aliphatic carbocycles. The van der Waals surface area contributed by atoms with E-state index < -0.39 is 0 Å². The van der Waals surface area contributed by atoms with Crippen LogP contribution in [-0.4, -0.2) is 27.7 Å². The first-order chi connectivity index (χ1) is 7.70. The molecule has 0 spiro atoms. The number of hydrogen-bond donors (Lipinski definition) is 2. The minimum Gasteiger partial charge on any atom is -0.392 e. The number of hydrogen-bond acceptors (Lipinski definition) is 3. The van der Waals surface area contributed by atoms with Gasteiger partial charge in [-0.1, -0.05) is 24.3 Å². The lowest BCUT2D eigenvalue weighted by Gasteiger charge is -2.17. The normalized spacial score (nSPS) is 20.5. The van der Waals surface area contributed by atoms with Crippen LogP contribution >= 0.6 is 12.6 Å². The fraction of sp³-hybridized carbons (Fsp3) is 0.417. The molecule has 1 aliphatic rings. The Morgan fingerprint density at radius 2 is 2.06 bits per heavy atom. The Bertz CT molecular complexity index is 394. The van der Waals surface area contributed by atoms with Gasteiger partial charge in [-0.25, -0.2) is 0 Å². The summed E-state index contributed by atoms with van der Waals surface area (Å²) < 4.78 is 0. The highest BCUT2D eigenvalue weighted by molar-refractivity contribution is 7.81. The van der Waals surface area contributed by atoms with Crippen molar-refractivity contribution in [1.29, 1.82) is 0 Å². The van der Waals surface area contributed by atoms with E-state index in [-0.39, 0.29) is 17.8 Å². The van der Waals surface area contributed by atoms with E-state index in [9.17, 15) is 9.90 Å². The van der Waals surface area contributed by atoms with Crippen LogP contribution in [0.15, 0.2) is 24.3 Å². The summed E-state index contributed by atoms with van der Waals surface area (Å²) >= 11 is 4.31. The minimum absolute atomic E-state index is 0.0164. The maximum absolute atomic E-state index is 11.6. The third-order valence-corrected chi connectivity index (χ3v) is 3.19. The maximum Gasteiger partial charge on any atom is 0.224 e. The zero-order valence-electron chi connectivity index (χ0n) is 8.97. The van der Waals surface area contributed by atoms with Crippen molar-refractivity contribution < 1.29 is 9.90 Å². The number of carbonyl (C=O) groups excluding carboxylic acids is 1. The van der Waals surface area contributed by atoms with E-state index in [1.165, 1.54) is 0 Å². The summed E-state index contributed by atoms with van der Waals surface area (Å²) in [6, 6.07) is 7.65. The van der Waals surface area contributed by atoms with Gasteiger partial charge >= 0.3 is 0 Å². The Morgan fingerprint density at radius 1 is 1.38 bits per heavy atom. The van der Waals surface area contributed by atoms with E-state index in [0.29, 0.717) is 19.5 Å². The van der Waals surface area contributed by atoms with Gasteiger partial charge < -0.3 is 10.0 Å². The number of benzene rings is 1. The number of likely N-dealkylation sites (tertiary alicyclic amines) is 1. The third-order valence-electron chi connectivity index (χ3n) is 2.84. The largest absolute Gasteiger partial charge is 0.392 e. The molecule has 1 saturated heterocycles. The van der Waals surface area contributed by atoms with Crippen LogP contribution in [0.5, 0.6) is 0 Å². The molecular formula is C12H15NO2S. The van der Waals surface area contributed by atoms with Gasteiger partial charge in [-0.05, 0) is 11.1 Å². The molecular weight excluding hydrogens is 222 g/mol. The van der Waals surface area contributed by atoms with E-state index in [1.54, 1.807) is 4.90 Å². The van der Waals surface area contributed by atoms with Gasteiger partial charge in [-0.2, -0.15) is 12.6 Å². The second kappa shape index (κ2) is 4.89. The molecule has 1 aliphatic heterocycles. The van der Waals surface area contributed by atoms with E-state index in [0.717, 1.165) is 11.1 Å². The lowest BCUT2D eigenvalue weighted by atomic mass is 10.1. The van der Waals surface area contributed by atoms with Gasteiger partial charge in [0.05, 0.1) is 6.61 Å². The summed E-state index contributed by atoms with van der Waals surface area (Å²) in [6.45, 7) is 1.29. The van der Waals surface area contributed by atoms with Crippen molar-refractivity contribution in [3.63, 3.8) is 0 Å². The van der Waals surface area contributed by atoms with Crippen LogP contribution in [0.1, 0.15) is 17.5 Å². The smallest absolute Gasteiger partial charge is 0.224 e. The summed E-state index contributed by atoms with van der Waals surface area (Å²) in [4.78, 5) is 13.4. The zero-order chi connectivity index (χ0) is 11.5. The summed E-state index contributed by atoms with van der Waals surface area (Å²) in [5.74, 6) is 0.146. The molecule has 1 heterocycles. The van der Waals surface area contributed by atoms with Gasteiger partial charge in [-0.15, -0.1) is 0 Å². The number of carbonyl (C=O) groups is 1. The second-order valence-corrected chi connectivity index (χ2v) is 4.79. The number of amides is 1. The lowest BCUT2D eigenvalue weighted by Crippen LogP contribution is -2.25. The van der Waals surface area contributed by atoms with E-state index in [1.807, 2.05) is 24.3 Å². The maximum atomic E-state index is 11.6. The minimum atomic E-state index is 0.0164. The number of rotatable bonds is 3. The number of aliphatic hydroxyl groups excluding tert-OH is 1. The Labute approximate surface area is 100 Å². The highest BCUT2D eigenvalue weighted by Crippen LogP contribution is 2.20. The zero-order valence-corrected chi connectivity index (χ0v) is 9.86. The molecule has 2 rings (SSSR count). The lowest BCUT2D eigenvalue weighted by molar-refractivity contribution is -0.128. The average Bonchev–Trinajstić information content (AvgIpc) is 2.58. The molecule has 1 N–H and O–H groups in total. The van der Waals surface area contributed by atoms with Crippen LogP contribution in [0.2, 0.25) is 0 Å². The first-order valence-corrected chi connectivity index (χ1v) is 5.86. The molecule has 1 aromatic rings. The quantitative estimate of drug-likeness (QED) is 0.776. The van der Waals surface area contributed by atoms with Gasteiger partial charge in [0.25, 0.3) is 0 Å². The molecule has 16 heavy (non-hydrogen) atoms. The second-order valence-electron chi connectivity index (χ2n) is 4.06. The van der Waals surface area contributed by atoms with Crippen LogP contribution in [0.4, 0.5) is 0 Å². The van der Waals surface area contributed by atoms with Crippen LogP contribution < -0.4 is 0 Å². The van der Waals surface area contributed by atoms with Crippen molar-refractivity contribution in [2.45, 2.75) is 24.8 Å². The summed E-state index contributed by atoms with van der Waals surface area (Å²) in [5.41, 5.74) is 1.90. The van der Waals surface area contributed by atoms with E-state index in [4.69, 9.17) is 0 Å². The number of aliphatic hydroxyl groups is 1. The standard InChI is InChI=1S/C12H15NO2S/c14-8-10-4-2-1-3-9(10)6-13-7-11(16)5-12(13)15/h1-4,11,14,16H,5-8H2. The number of nitrogens with zero attached hydrogens (tertiary/aromatic N) is 1. The van der Waals surface area contributed by atoms with Crippen molar-refractivity contribution in [2.24, 2.45) is 0 Å². The van der Waals surface area contributed by atoms with Gasteiger partial charge in [-0.3, -0.25) is 4.79 Å². The Kier molecular flexibility index (Phi) is 3.51. The Hall–Kier alpha value is -1.00. The predicted octanol–water partition coefficient (Wildman–Crippen LogP) is 1.21. The van der Waals surface area contributed by atoms with Crippen LogP contribution in [0.3, 0.4) is 0 Å². The van der Waals surface area contributed by atoms with Crippen LogP contribution in [0, 0.1) is 0 Å². The van der Waals surface area contributed by atoms with Gasteiger partial charge in [0.2, 0.25) is 5.91 Å². The summed E-state index contributed by atoms with van der Waals surface area (Å²) in [5, 5.41) is 9.34. The molecule has 0 bridgehead atoms. The average molecular weight is 237 g/mol. The van der Waals surface area contributed by atoms with Gasteiger partial charge in [0.1, 0.15) is 0 Å². The van der Waals surface area contributed by atoms with Gasteiger partial charge in [0, 0.05) is 24.8 Å². The molecule has 3 nitrogen and oxygen atoms in total. The molecule has 4 heteroatoms. The first-order valence-electron chi connectivity index (χ1n) is 5.34. The Morgan fingerprint density at radius 3 is 2.62 bits per heavy atom. The highest BCUT2D eigenvalue weighted by Gasteiger charge is 2.27. The van der Waals surface area contributed by atoms with Crippen molar-refractivity contribution in [3.05, 3.63) is 35.4 Å². The molecule has 0 radical (unpaired) electrons. The molecule has 86 valence electrons. The molecule has 1 atom stereocenters.